The molecule has 23 heavy (non-hydrogen) atoms. The van der Waals surface area contributed by atoms with Gasteiger partial charge in [0.1, 0.15) is 18.2 Å². The summed E-state index contributed by atoms with van der Waals surface area (Å²) in [6, 6.07) is 16.5. The molecule has 1 aliphatic heterocycles. The highest BCUT2D eigenvalue weighted by Gasteiger charge is 2.12. The van der Waals surface area contributed by atoms with Gasteiger partial charge in [0.15, 0.2) is 0 Å². The van der Waals surface area contributed by atoms with Gasteiger partial charge in [-0.25, -0.2) is 0 Å². The number of hydrogen-bond acceptors (Lipinski definition) is 4. The van der Waals surface area contributed by atoms with E-state index in [0.29, 0.717) is 6.61 Å². The zero-order chi connectivity index (χ0) is 16.1. The highest BCUT2D eigenvalue weighted by molar-refractivity contribution is 6.01. The molecule has 0 bridgehead atoms. The molecular formula is C19H23N3O. The quantitative estimate of drug-likeness (QED) is 0.922. The van der Waals surface area contributed by atoms with Gasteiger partial charge >= 0.3 is 0 Å². The molecule has 0 unspecified atom stereocenters. The maximum absolute atomic E-state index is 6.07. The third-order valence-corrected chi connectivity index (χ3v) is 3.86. The lowest BCUT2D eigenvalue weighted by Gasteiger charge is -2.18. The Labute approximate surface area is 137 Å². The second-order valence-corrected chi connectivity index (χ2v) is 5.86. The lowest BCUT2D eigenvalue weighted by Crippen LogP contribution is -2.30. The summed E-state index contributed by atoms with van der Waals surface area (Å²) in [5.74, 6) is 1.81. The van der Waals surface area contributed by atoms with Crippen molar-refractivity contribution in [3.05, 3.63) is 59.7 Å². The molecule has 4 nitrogen and oxygen atoms in total. The predicted octanol–water partition coefficient (Wildman–Crippen LogP) is 3.07. The van der Waals surface area contributed by atoms with Crippen LogP contribution in [-0.4, -0.2) is 33.0 Å². The van der Waals surface area contributed by atoms with Crippen molar-refractivity contribution in [2.24, 2.45) is 4.99 Å². The standard InChI is InChI=1S/C19H23N3O/c1-22(2)16-8-5-7-15(13-16)14-23-18-10-4-3-9-17(18)19-20-11-6-12-21-19/h3-5,7-10,13H,6,11-12,14H2,1-2H3,(H,20,21). The number of para-hydroxylation sites is 1. The van der Waals surface area contributed by atoms with Crippen LogP contribution in [0, 0.1) is 0 Å². The highest BCUT2D eigenvalue weighted by atomic mass is 16.5. The van der Waals surface area contributed by atoms with Gasteiger partial charge in [0, 0.05) is 32.9 Å². The van der Waals surface area contributed by atoms with Crippen molar-refractivity contribution < 1.29 is 4.74 Å². The summed E-state index contributed by atoms with van der Waals surface area (Å²) < 4.78 is 6.07. The minimum atomic E-state index is 0.548. The van der Waals surface area contributed by atoms with Crippen LogP contribution in [-0.2, 0) is 6.61 Å². The zero-order valence-electron chi connectivity index (χ0n) is 13.7. The summed E-state index contributed by atoms with van der Waals surface area (Å²) >= 11 is 0. The third kappa shape index (κ3) is 3.83. The van der Waals surface area contributed by atoms with E-state index < -0.39 is 0 Å². The molecule has 0 aromatic heterocycles. The van der Waals surface area contributed by atoms with Crippen LogP contribution in [0.3, 0.4) is 0 Å². The van der Waals surface area contributed by atoms with Gasteiger partial charge in [0.05, 0.1) is 5.56 Å². The fourth-order valence-electron chi connectivity index (χ4n) is 2.59. The fraction of sp³-hybridized carbons (Fsp3) is 0.316. The number of ether oxygens (including phenoxy) is 1. The summed E-state index contributed by atoms with van der Waals surface area (Å²) in [6.07, 6.45) is 1.09. The third-order valence-electron chi connectivity index (χ3n) is 3.86. The van der Waals surface area contributed by atoms with Crippen molar-refractivity contribution in [1.29, 1.82) is 0 Å². The first-order valence-corrected chi connectivity index (χ1v) is 8.01. The minimum Gasteiger partial charge on any atom is -0.488 e. The van der Waals surface area contributed by atoms with Crippen LogP contribution >= 0.6 is 0 Å². The van der Waals surface area contributed by atoms with Gasteiger partial charge in [0.25, 0.3) is 0 Å². The topological polar surface area (TPSA) is 36.9 Å². The molecule has 0 saturated carbocycles. The smallest absolute Gasteiger partial charge is 0.132 e. The largest absolute Gasteiger partial charge is 0.488 e. The molecule has 0 amide bonds. The molecular weight excluding hydrogens is 286 g/mol. The van der Waals surface area contributed by atoms with Gasteiger partial charge < -0.3 is 15.0 Å². The first kappa shape index (κ1) is 15.4. The summed E-state index contributed by atoms with van der Waals surface area (Å²) in [7, 11) is 4.09. The lowest BCUT2D eigenvalue weighted by molar-refractivity contribution is 0.305. The van der Waals surface area contributed by atoms with Gasteiger partial charge in [-0.3, -0.25) is 4.99 Å². The maximum atomic E-state index is 6.07. The molecule has 1 heterocycles. The number of nitrogens with one attached hydrogen (secondary N) is 1. The first-order chi connectivity index (χ1) is 11.2. The Kier molecular flexibility index (Phi) is 4.81. The molecule has 1 N–H and O–H groups in total. The molecule has 0 spiro atoms. The predicted molar refractivity (Wildman–Crippen MR) is 95.6 cm³/mol. The molecule has 1 aliphatic rings. The van der Waals surface area contributed by atoms with E-state index in [-0.39, 0.29) is 0 Å². The Morgan fingerprint density at radius 1 is 1.13 bits per heavy atom. The van der Waals surface area contributed by atoms with E-state index in [1.165, 1.54) is 5.69 Å². The van der Waals surface area contributed by atoms with Crippen molar-refractivity contribution in [3.63, 3.8) is 0 Å². The average molecular weight is 309 g/mol. The molecule has 3 rings (SSSR count). The van der Waals surface area contributed by atoms with Gasteiger partial charge in [-0.2, -0.15) is 0 Å². The Morgan fingerprint density at radius 3 is 2.78 bits per heavy atom. The molecule has 4 heteroatoms. The number of rotatable bonds is 5. The van der Waals surface area contributed by atoms with Crippen LogP contribution in [0.25, 0.3) is 0 Å². The monoisotopic (exact) mass is 309 g/mol. The van der Waals surface area contributed by atoms with E-state index in [9.17, 15) is 0 Å². The fourth-order valence-corrected chi connectivity index (χ4v) is 2.59. The number of anilines is 1. The highest BCUT2D eigenvalue weighted by Crippen LogP contribution is 2.21. The first-order valence-electron chi connectivity index (χ1n) is 8.01. The van der Waals surface area contributed by atoms with Crippen molar-refractivity contribution in [2.45, 2.75) is 13.0 Å². The normalized spacial score (nSPS) is 13.9. The molecule has 120 valence electrons. The molecule has 0 aliphatic carbocycles. The molecule has 2 aromatic carbocycles. The summed E-state index contributed by atoms with van der Waals surface area (Å²) in [6.45, 7) is 2.39. The number of hydrogen-bond donors (Lipinski definition) is 1. The van der Waals surface area contributed by atoms with E-state index in [1.807, 2.05) is 32.3 Å². The summed E-state index contributed by atoms with van der Waals surface area (Å²) in [5, 5.41) is 3.36. The Balaban J connectivity index is 1.76. The molecule has 0 radical (unpaired) electrons. The van der Waals surface area contributed by atoms with E-state index >= 15 is 0 Å². The number of benzene rings is 2. The number of amidine groups is 1. The van der Waals surface area contributed by atoms with Crippen LogP contribution in [0.15, 0.2) is 53.5 Å². The van der Waals surface area contributed by atoms with Crippen LogP contribution in [0.4, 0.5) is 5.69 Å². The Bertz CT molecular complexity index is 695. The minimum absolute atomic E-state index is 0.548. The van der Waals surface area contributed by atoms with Crippen LogP contribution < -0.4 is 15.0 Å². The second kappa shape index (κ2) is 7.18. The Hall–Kier alpha value is -2.49. The SMILES string of the molecule is CN(C)c1cccc(COc2ccccc2C2=NCCCN2)c1. The van der Waals surface area contributed by atoms with E-state index in [1.54, 1.807) is 0 Å². The molecule has 0 atom stereocenters. The van der Waals surface area contributed by atoms with Crippen molar-refractivity contribution in [1.82, 2.24) is 5.32 Å². The molecule has 0 fully saturated rings. The number of nitrogens with zero attached hydrogens (tertiary/aromatic N) is 2. The van der Waals surface area contributed by atoms with Gasteiger partial charge in [0.2, 0.25) is 0 Å². The van der Waals surface area contributed by atoms with Crippen LogP contribution in [0.1, 0.15) is 17.5 Å². The van der Waals surface area contributed by atoms with Crippen molar-refractivity contribution in [3.8, 4) is 5.75 Å². The summed E-state index contributed by atoms with van der Waals surface area (Å²) in [5.41, 5.74) is 3.37. The van der Waals surface area contributed by atoms with Gasteiger partial charge in [-0.1, -0.05) is 24.3 Å². The van der Waals surface area contributed by atoms with Crippen LogP contribution in [0.5, 0.6) is 5.75 Å². The van der Waals surface area contributed by atoms with Gasteiger partial charge in [-0.15, -0.1) is 0 Å². The number of aliphatic imine (C=N–C) groups is 1. The summed E-state index contributed by atoms with van der Waals surface area (Å²) in [4.78, 5) is 6.67. The van der Waals surface area contributed by atoms with E-state index in [4.69, 9.17) is 4.74 Å². The maximum Gasteiger partial charge on any atom is 0.132 e. The molecule has 0 saturated heterocycles. The van der Waals surface area contributed by atoms with Crippen molar-refractivity contribution in [2.75, 3.05) is 32.1 Å². The van der Waals surface area contributed by atoms with E-state index in [2.05, 4.69) is 45.5 Å². The molecule has 2 aromatic rings. The van der Waals surface area contributed by atoms with Crippen molar-refractivity contribution >= 4 is 11.5 Å². The average Bonchev–Trinajstić information content (AvgIpc) is 2.61. The lowest BCUT2D eigenvalue weighted by atomic mass is 10.1. The van der Waals surface area contributed by atoms with E-state index in [0.717, 1.165) is 42.2 Å². The van der Waals surface area contributed by atoms with Crippen LogP contribution in [0.2, 0.25) is 0 Å². The Morgan fingerprint density at radius 2 is 2.00 bits per heavy atom. The second-order valence-electron chi connectivity index (χ2n) is 5.86. The zero-order valence-corrected chi connectivity index (χ0v) is 13.7. The van der Waals surface area contributed by atoms with Gasteiger partial charge in [-0.05, 0) is 36.2 Å².